The Balaban J connectivity index is 3.58. The Bertz CT molecular complexity index is 480. The van der Waals surface area contributed by atoms with Gasteiger partial charge < -0.3 is 0 Å². The van der Waals surface area contributed by atoms with Gasteiger partial charge in [-0.25, -0.2) is 4.39 Å². The minimum Gasteiger partial charge on any atom is -0.207 e. The van der Waals surface area contributed by atoms with Gasteiger partial charge in [-0.15, -0.1) is 0 Å². The predicted octanol–water partition coefficient (Wildman–Crippen LogP) is 1.75. The molecule has 0 bridgehead atoms. The minimum atomic E-state index is -1.62. The summed E-state index contributed by atoms with van der Waals surface area (Å²) in [6, 6.07) is 3.43. The summed E-state index contributed by atoms with van der Waals surface area (Å²) < 4.78 is 13.7. The highest BCUT2D eigenvalue weighted by molar-refractivity contribution is 6.88. The Hall–Kier alpha value is -1.15. The average molecular weight is 220 g/mol. The van der Waals surface area contributed by atoms with E-state index in [0.29, 0.717) is 0 Å². The largest absolute Gasteiger partial charge is 0.207 e. The van der Waals surface area contributed by atoms with E-state index in [1.54, 1.807) is 6.08 Å². The normalized spacial score (nSPS) is 12.9. The number of rotatable bonds is 2. The Morgan fingerprint density at radius 2 is 1.87 bits per heavy atom. The first-order valence-electron chi connectivity index (χ1n) is 4.98. The summed E-state index contributed by atoms with van der Waals surface area (Å²) in [6.45, 7) is 13.9. The van der Waals surface area contributed by atoms with Crippen LogP contribution >= 0.6 is 0 Å². The first kappa shape index (κ1) is 11.9. The van der Waals surface area contributed by atoms with Crippen LogP contribution in [0.5, 0.6) is 0 Å². The van der Waals surface area contributed by atoms with Crippen molar-refractivity contribution in [2.24, 2.45) is 0 Å². The lowest BCUT2D eigenvalue weighted by Gasteiger charge is -2.17. The summed E-state index contributed by atoms with van der Waals surface area (Å²) >= 11 is 0. The van der Waals surface area contributed by atoms with E-state index in [9.17, 15) is 4.39 Å². The molecule has 0 fully saturated rings. The molecule has 0 unspecified atom stereocenters. The average Bonchev–Trinajstić information content (AvgIpc) is 2.07. The Morgan fingerprint density at radius 3 is 2.33 bits per heavy atom. The Labute approximate surface area is 91.5 Å². The highest BCUT2D eigenvalue weighted by atomic mass is 28.3. The third kappa shape index (κ3) is 2.66. The van der Waals surface area contributed by atoms with Crippen molar-refractivity contribution in [3.8, 4) is 0 Å². The van der Waals surface area contributed by atoms with Gasteiger partial charge in [0.1, 0.15) is 5.82 Å². The molecule has 0 aliphatic heterocycles. The fourth-order valence-electron chi connectivity index (χ4n) is 1.49. The predicted molar refractivity (Wildman–Crippen MR) is 68.8 cm³/mol. The van der Waals surface area contributed by atoms with Crippen molar-refractivity contribution < 1.29 is 4.39 Å². The Morgan fingerprint density at radius 1 is 1.27 bits per heavy atom. The molecular weight excluding hydrogens is 203 g/mol. The monoisotopic (exact) mass is 220 g/mol. The first-order valence-corrected chi connectivity index (χ1v) is 8.48. The third-order valence-corrected chi connectivity index (χ3v) is 4.33. The van der Waals surface area contributed by atoms with Gasteiger partial charge >= 0.3 is 0 Å². The maximum atomic E-state index is 13.7. The van der Waals surface area contributed by atoms with E-state index in [1.807, 2.05) is 12.1 Å². The molecular formula is C13H17FSi. The van der Waals surface area contributed by atoms with E-state index < -0.39 is 8.07 Å². The van der Waals surface area contributed by atoms with Crippen LogP contribution in [-0.2, 0) is 0 Å². The molecule has 0 N–H and O–H groups in total. The van der Waals surface area contributed by atoms with Gasteiger partial charge in [-0.05, 0) is 21.7 Å². The second-order valence-electron chi connectivity index (χ2n) is 4.68. The topological polar surface area (TPSA) is 0 Å². The van der Waals surface area contributed by atoms with Crippen molar-refractivity contribution in [2.45, 2.75) is 19.6 Å². The molecule has 0 aliphatic rings. The molecule has 0 nitrogen and oxygen atoms in total. The second kappa shape index (κ2) is 4.15. The van der Waals surface area contributed by atoms with Crippen LogP contribution in [0.3, 0.4) is 0 Å². The molecule has 1 rings (SSSR count). The van der Waals surface area contributed by atoms with E-state index in [-0.39, 0.29) is 5.82 Å². The molecule has 0 saturated carbocycles. The second-order valence-corrected chi connectivity index (χ2v) is 9.72. The Kier molecular flexibility index (Phi) is 3.30. The van der Waals surface area contributed by atoms with Gasteiger partial charge in [0, 0.05) is 0 Å². The van der Waals surface area contributed by atoms with Crippen molar-refractivity contribution in [3.63, 3.8) is 0 Å². The fraction of sp³-hybridized carbons (Fsp3) is 0.231. The van der Waals surface area contributed by atoms with Crippen LogP contribution in [0, 0.1) is 5.82 Å². The van der Waals surface area contributed by atoms with Gasteiger partial charge in [0.05, 0.1) is 8.07 Å². The van der Waals surface area contributed by atoms with Crippen LogP contribution in [0.2, 0.25) is 19.6 Å². The molecule has 1 aromatic carbocycles. The zero-order chi connectivity index (χ0) is 11.6. The highest BCUT2D eigenvalue weighted by Gasteiger charge is 2.20. The van der Waals surface area contributed by atoms with Gasteiger partial charge in [-0.1, -0.05) is 51.0 Å². The molecule has 0 aliphatic carbocycles. The quantitative estimate of drug-likeness (QED) is 0.666. The van der Waals surface area contributed by atoms with Crippen LogP contribution in [0.4, 0.5) is 4.39 Å². The molecule has 0 spiro atoms. The maximum absolute atomic E-state index is 13.7. The zero-order valence-electron chi connectivity index (χ0n) is 9.60. The number of hydrogen-bond donors (Lipinski definition) is 0. The van der Waals surface area contributed by atoms with Crippen LogP contribution in [0.25, 0.3) is 12.7 Å². The van der Waals surface area contributed by atoms with Crippen LogP contribution in [0.1, 0.15) is 0 Å². The van der Waals surface area contributed by atoms with Gasteiger partial charge in [-0.2, -0.15) is 0 Å². The smallest absolute Gasteiger partial charge is 0.123 e. The fourth-order valence-corrected chi connectivity index (χ4v) is 2.87. The SMILES string of the molecule is C=C/C=c1/cc([Si](C)(C)C)c(F)cc1=C. The minimum absolute atomic E-state index is 0.125. The number of hydrogen-bond acceptors (Lipinski definition) is 0. The van der Waals surface area contributed by atoms with E-state index >= 15 is 0 Å². The third-order valence-electron chi connectivity index (χ3n) is 2.33. The van der Waals surface area contributed by atoms with Crippen LogP contribution in [-0.4, -0.2) is 8.07 Å². The van der Waals surface area contributed by atoms with Crippen molar-refractivity contribution >= 4 is 25.9 Å². The summed E-state index contributed by atoms with van der Waals surface area (Å²) in [6.07, 6.45) is 3.57. The summed E-state index contributed by atoms with van der Waals surface area (Å²) in [7, 11) is -1.62. The van der Waals surface area contributed by atoms with Crippen LogP contribution in [0.15, 0.2) is 24.8 Å². The summed E-state index contributed by atoms with van der Waals surface area (Å²) in [5, 5.41) is 2.53. The molecule has 80 valence electrons. The summed E-state index contributed by atoms with van der Waals surface area (Å²) in [5.41, 5.74) is 0. The van der Waals surface area contributed by atoms with Crippen molar-refractivity contribution in [2.75, 3.05) is 0 Å². The first-order chi connectivity index (χ1) is 6.86. The van der Waals surface area contributed by atoms with Gasteiger partial charge in [-0.3, -0.25) is 0 Å². The summed E-state index contributed by atoms with van der Waals surface area (Å²) in [5.74, 6) is -0.125. The number of benzene rings is 1. The van der Waals surface area contributed by atoms with E-state index in [0.717, 1.165) is 15.6 Å². The molecule has 0 heterocycles. The molecule has 0 aromatic heterocycles. The molecule has 0 saturated heterocycles. The lowest BCUT2D eigenvalue weighted by molar-refractivity contribution is 0.633. The van der Waals surface area contributed by atoms with E-state index in [2.05, 4.69) is 32.8 Å². The standard InChI is InChI=1S/C13H17FSi/c1-6-7-11-9-13(15(3,4)5)12(14)8-10(11)2/h6-9H,1-2H2,3-5H3/b11-7-. The van der Waals surface area contributed by atoms with E-state index in [4.69, 9.17) is 0 Å². The molecule has 2 heteroatoms. The molecule has 0 amide bonds. The van der Waals surface area contributed by atoms with Gasteiger partial charge in [0.2, 0.25) is 0 Å². The molecule has 0 radical (unpaired) electrons. The number of allylic oxidation sites excluding steroid dienone is 1. The number of halogens is 1. The summed E-state index contributed by atoms with van der Waals surface area (Å²) in [4.78, 5) is 0. The maximum Gasteiger partial charge on any atom is 0.123 e. The lowest BCUT2D eigenvalue weighted by atomic mass is 10.2. The molecule has 0 atom stereocenters. The molecule has 1 aromatic rings. The van der Waals surface area contributed by atoms with Crippen molar-refractivity contribution in [1.82, 2.24) is 0 Å². The van der Waals surface area contributed by atoms with Gasteiger partial charge in [0.25, 0.3) is 0 Å². The van der Waals surface area contributed by atoms with E-state index in [1.165, 1.54) is 6.07 Å². The molecule has 15 heavy (non-hydrogen) atoms. The highest BCUT2D eigenvalue weighted by Crippen LogP contribution is 2.02. The van der Waals surface area contributed by atoms with Gasteiger partial charge in [0.15, 0.2) is 0 Å². The zero-order valence-corrected chi connectivity index (χ0v) is 10.6. The lowest BCUT2D eigenvalue weighted by Crippen LogP contribution is -2.44. The van der Waals surface area contributed by atoms with Crippen molar-refractivity contribution in [1.29, 1.82) is 0 Å². The van der Waals surface area contributed by atoms with Crippen LogP contribution < -0.4 is 15.6 Å². The van der Waals surface area contributed by atoms with Crippen molar-refractivity contribution in [3.05, 3.63) is 41.0 Å².